The predicted molar refractivity (Wildman–Crippen MR) is 104 cm³/mol. The maximum absolute atomic E-state index is 11.6. The Bertz CT molecular complexity index is 806. The molecule has 0 heterocycles. The Morgan fingerprint density at radius 1 is 0.929 bits per heavy atom. The summed E-state index contributed by atoms with van der Waals surface area (Å²) in [6.45, 7) is 2.70. The predicted octanol–water partition coefficient (Wildman–Crippen LogP) is 2.36. The average Bonchev–Trinajstić information content (AvgIpc) is 2.71. The van der Waals surface area contributed by atoms with E-state index in [1.54, 1.807) is 12.1 Å². The van der Waals surface area contributed by atoms with Crippen molar-refractivity contribution in [2.45, 2.75) is 0 Å². The second-order valence-corrected chi connectivity index (χ2v) is 5.51. The number of carbonyl (C=O) groups excluding carboxylic acids is 3. The summed E-state index contributed by atoms with van der Waals surface area (Å²) < 4.78 is 10.1. The summed E-state index contributed by atoms with van der Waals surface area (Å²) >= 11 is 0. The minimum atomic E-state index is -0.744. The van der Waals surface area contributed by atoms with Gasteiger partial charge in [0, 0.05) is 17.9 Å². The van der Waals surface area contributed by atoms with Gasteiger partial charge in [-0.2, -0.15) is 0 Å². The van der Waals surface area contributed by atoms with Crippen molar-refractivity contribution in [2.75, 3.05) is 25.1 Å². The number of benzene rings is 2. The van der Waals surface area contributed by atoms with Crippen LogP contribution in [0.4, 0.5) is 16.2 Å². The Balaban J connectivity index is 1.68. The lowest BCUT2D eigenvalue weighted by atomic mass is 10.2. The first-order valence-corrected chi connectivity index (χ1v) is 8.46. The summed E-state index contributed by atoms with van der Waals surface area (Å²) in [6, 6.07) is 16.0. The van der Waals surface area contributed by atoms with Crippen LogP contribution in [0.15, 0.2) is 67.3 Å². The average molecular weight is 383 g/mol. The van der Waals surface area contributed by atoms with Crippen LogP contribution < -0.4 is 20.7 Å². The van der Waals surface area contributed by atoms with Gasteiger partial charge in [0.1, 0.15) is 5.75 Å². The molecule has 0 bridgehead atoms. The molecule has 28 heavy (non-hydrogen) atoms. The molecule has 2 rings (SSSR count). The molecular weight excluding hydrogens is 362 g/mol. The van der Waals surface area contributed by atoms with Crippen LogP contribution in [0.25, 0.3) is 0 Å². The Morgan fingerprint density at radius 2 is 1.61 bits per heavy atom. The van der Waals surface area contributed by atoms with E-state index < -0.39 is 24.5 Å². The molecule has 0 fully saturated rings. The quantitative estimate of drug-likeness (QED) is 0.453. The highest BCUT2D eigenvalue weighted by atomic mass is 16.6. The number of para-hydroxylation sites is 1. The second kappa shape index (κ2) is 11.0. The van der Waals surface area contributed by atoms with Crippen LogP contribution in [-0.2, 0) is 14.3 Å². The third kappa shape index (κ3) is 7.61. The van der Waals surface area contributed by atoms with Gasteiger partial charge in [-0.05, 0) is 36.4 Å². The fraction of sp³-hybridized carbons (Fsp3) is 0.150. The topological polar surface area (TPSA) is 106 Å². The zero-order valence-electron chi connectivity index (χ0n) is 15.1. The van der Waals surface area contributed by atoms with Gasteiger partial charge in [0.2, 0.25) is 0 Å². The number of esters is 1. The molecule has 8 heteroatoms. The van der Waals surface area contributed by atoms with Gasteiger partial charge < -0.3 is 20.1 Å². The zero-order chi connectivity index (χ0) is 20.2. The zero-order valence-corrected chi connectivity index (χ0v) is 15.1. The summed E-state index contributed by atoms with van der Waals surface area (Å²) in [7, 11) is 0. The molecule has 0 atom stereocenters. The van der Waals surface area contributed by atoms with Gasteiger partial charge in [0.15, 0.2) is 13.2 Å². The van der Waals surface area contributed by atoms with Gasteiger partial charge in [-0.1, -0.05) is 24.3 Å². The number of hydrogen-bond donors (Lipinski definition) is 3. The van der Waals surface area contributed by atoms with E-state index in [0.29, 0.717) is 5.75 Å². The number of hydrogen-bond acceptors (Lipinski definition) is 6. The third-order valence-electron chi connectivity index (χ3n) is 3.30. The van der Waals surface area contributed by atoms with Gasteiger partial charge in [0.25, 0.3) is 5.91 Å². The van der Waals surface area contributed by atoms with Crippen LogP contribution in [0.3, 0.4) is 0 Å². The van der Waals surface area contributed by atoms with Crippen LogP contribution >= 0.6 is 0 Å². The van der Waals surface area contributed by atoms with E-state index in [1.165, 1.54) is 6.08 Å². The molecule has 3 amide bonds. The van der Waals surface area contributed by atoms with Crippen molar-refractivity contribution < 1.29 is 23.9 Å². The molecule has 0 saturated heterocycles. The highest BCUT2D eigenvalue weighted by Crippen LogP contribution is 2.19. The molecule has 2 aromatic rings. The number of ether oxygens (including phenoxy) is 2. The number of amides is 3. The van der Waals surface area contributed by atoms with Crippen molar-refractivity contribution in [1.29, 1.82) is 0 Å². The Morgan fingerprint density at radius 3 is 2.29 bits per heavy atom. The molecule has 0 unspecified atom stereocenters. The van der Waals surface area contributed by atoms with Gasteiger partial charge in [-0.3, -0.25) is 10.1 Å². The standard InChI is InChI=1S/C20H21N3O5/c1-2-12-21-20(26)23-18(24)13-28-19(25)14-27-17-10-8-16(9-11-17)22-15-6-4-3-5-7-15/h2-11,22H,1,12-14H2,(H2,21,23,24,26). The SMILES string of the molecule is C=CCNC(=O)NC(=O)COC(=O)COc1ccc(Nc2ccccc2)cc1. The van der Waals surface area contributed by atoms with Crippen molar-refractivity contribution in [1.82, 2.24) is 10.6 Å². The summed E-state index contributed by atoms with van der Waals surface area (Å²) in [4.78, 5) is 34.3. The molecular formula is C20H21N3O5. The van der Waals surface area contributed by atoms with Gasteiger partial charge in [0.05, 0.1) is 0 Å². The first kappa shape index (κ1) is 20.5. The summed E-state index contributed by atoms with van der Waals surface area (Å²) in [6.07, 6.45) is 1.46. The molecule has 2 aromatic carbocycles. The third-order valence-corrected chi connectivity index (χ3v) is 3.30. The number of carbonyl (C=O) groups is 3. The molecule has 0 aromatic heterocycles. The normalized spacial score (nSPS) is 9.71. The Labute approximate surface area is 162 Å². The number of imide groups is 1. The summed E-state index contributed by atoms with van der Waals surface area (Å²) in [5.74, 6) is -0.997. The van der Waals surface area contributed by atoms with Crippen molar-refractivity contribution in [2.24, 2.45) is 0 Å². The monoisotopic (exact) mass is 383 g/mol. The fourth-order valence-corrected chi connectivity index (χ4v) is 2.02. The minimum absolute atomic E-state index is 0.215. The first-order chi connectivity index (χ1) is 13.6. The van der Waals surface area contributed by atoms with Crippen molar-refractivity contribution in [3.63, 3.8) is 0 Å². The van der Waals surface area contributed by atoms with Crippen molar-refractivity contribution >= 4 is 29.3 Å². The molecule has 0 radical (unpaired) electrons. The van der Waals surface area contributed by atoms with Crippen LogP contribution in [-0.4, -0.2) is 37.7 Å². The number of anilines is 2. The lowest BCUT2D eigenvalue weighted by Crippen LogP contribution is -2.41. The maximum atomic E-state index is 11.6. The van der Waals surface area contributed by atoms with E-state index in [9.17, 15) is 14.4 Å². The van der Waals surface area contributed by atoms with Gasteiger partial charge >= 0.3 is 12.0 Å². The number of urea groups is 1. The molecule has 0 spiro atoms. The van der Waals surface area contributed by atoms with Gasteiger partial charge in [-0.15, -0.1) is 6.58 Å². The van der Waals surface area contributed by atoms with Crippen LogP contribution in [0.5, 0.6) is 5.75 Å². The van der Waals surface area contributed by atoms with Crippen LogP contribution in [0, 0.1) is 0 Å². The van der Waals surface area contributed by atoms with E-state index in [0.717, 1.165) is 11.4 Å². The maximum Gasteiger partial charge on any atom is 0.344 e. The van der Waals surface area contributed by atoms with Crippen molar-refractivity contribution in [3.8, 4) is 5.75 Å². The van der Waals surface area contributed by atoms with Gasteiger partial charge in [-0.25, -0.2) is 9.59 Å². The minimum Gasteiger partial charge on any atom is -0.482 e. The lowest BCUT2D eigenvalue weighted by Gasteiger charge is -2.09. The summed E-state index contributed by atoms with van der Waals surface area (Å²) in [5.41, 5.74) is 1.82. The Hall–Kier alpha value is -3.81. The fourth-order valence-electron chi connectivity index (χ4n) is 2.02. The molecule has 146 valence electrons. The van der Waals surface area contributed by atoms with E-state index in [4.69, 9.17) is 9.47 Å². The van der Waals surface area contributed by atoms with E-state index in [-0.39, 0.29) is 13.2 Å². The largest absolute Gasteiger partial charge is 0.482 e. The molecule has 0 aliphatic carbocycles. The molecule has 3 N–H and O–H groups in total. The Kier molecular flexibility index (Phi) is 8.07. The molecule has 0 aliphatic rings. The van der Waals surface area contributed by atoms with E-state index >= 15 is 0 Å². The van der Waals surface area contributed by atoms with E-state index in [2.05, 4.69) is 17.2 Å². The highest BCUT2D eigenvalue weighted by Gasteiger charge is 2.11. The molecule has 0 saturated carbocycles. The van der Waals surface area contributed by atoms with Crippen molar-refractivity contribution in [3.05, 3.63) is 67.3 Å². The van der Waals surface area contributed by atoms with E-state index in [1.807, 2.05) is 47.8 Å². The lowest BCUT2D eigenvalue weighted by molar-refractivity contribution is -0.150. The molecule has 8 nitrogen and oxygen atoms in total. The molecule has 0 aliphatic heterocycles. The number of rotatable bonds is 9. The van der Waals surface area contributed by atoms with Crippen LogP contribution in [0.2, 0.25) is 0 Å². The first-order valence-electron chi connectivity index (χ1n) is 8.46. The second-order valence-electron chi connectivity index (χ2n) is 5.51. The number of nitrogens with one attached hydrogen (secondary N) is 3. The highest BCUT2D eigenvalue weighted by molar-refractivity contribution is 5.95. The smallest absolute Gasteiger partial charge is 0.344 e. The summed E-state index contributed by atoms with van der Waals surface area (Å²) in [5, 5.41) is 7.59. The van der Waals surface area contributed by atoms with Crippen LogP contribution in [0.1, 0.15) is 0 Å².